The second-order valence-electron chi connectivity index (χ2n) is 11.2. The first kappa shape index (κ1) is 29.3. The van der Waals surface area contributed by atoms with Crippen LogP contribution in [0.5, 0.6) is 0 Å². The molecule has 2 atom stereocenters. The van der Waals surface area contributed by atoms with Gasteiger partial charge in [0, 0.05) is 63.8 Å². The number of nitrogens with zero attached hydrogens (tertiary/aromatic N) is 2. The Morgan fingerprint density at radius 3 is 2.50 bits per heavy atom. The number of amides is 2. The molecule has 2 aliphatic heterocycles. The SMILES string of the molecule is COC1CCN(C(=O)C2(Sc3ccc(C)cc3)CC(=O)N(Cc3ccc(Br)cc3)C2c2c[nH]c3cc(Cl)ccc23)CC1. The lowest BCUT2D eigenvalue weighted by atomic mass is 9.89. The predicted octanol–water partition coefficient (Wildman–Crippen LogP) is 7.53. The lowest BCUT2D eigenvalue weighted by Crippen LogP contribution is -2.52. The number of H-pyrrole nitrogens is 1. The minimum atomic E-state index is -1.07. The Morgan fingerprint density at radius 2 is 1.81 bits per heavy atom. The van der Waals surface area contributed by atoms with Gasteiger partial charge in [0.25, 0.3) is 0 Å². The molecule has 2 aliphatic rings. The highest BCUT2D eigenvalue weighted by atomic mass is 79.9. The third-order valence-corrected chi connectivity index (χ3v) is 10.6. The van der Waals surface area contributed by atoms with Crippen molar-refractivity contribution in [2.24, 2.45) is 0 Å². The minimum Gasteiger partial charge on any atom is -0.381 e. The van der Waals surface area contributed by atoms with Gasteiger partial charge in [0.1, 0.15) is 4.75 Å². The molecule has 0 aliphatic carbocycles. The monoisotopic (exact) mass is 665 g/mol. The van der Waals surface area contributed by atoms with Gasteiger partial charge in [-0.3, -0.25) is 9.59 Å². The third kappa shape index (κ3) is 5.62. The van der Waals surface area contributed by atoms with E-state index in [-0.39, 0.29) is 24.3 Å². The van der Waals surface area contributed by atoms with Gasteiger partial charge in [-0.25, -0.2) is 0 Å². The van der Waals surface area contributed by atoms with Crippen LogP contribution in [-0.4, -0.2) is 57.6 Å². The highest BCUT2D eigenvalue weighted by Crippen LogP contribution is 2.55. The zero-order valence-corrected chi connectivity index (χ0v) is 26.8. The summed E-state index contributed by atoms with van der Waals surface area (Å²) < 4.78 is 5.50. The van der Waals surface area contributed by atoms with Gasteiger partial charge < -0.3 is 19.5 Å². The number of rotatable bonds is 7. The number of benzene rings is 3. The van der Waals surface area contributed by atoms with Gasteiger partial charge in [-0.1, -0.05) is 63.4 Å². The van der Waals surface area contributed by atoms with Gasteiger partial charge in [0.05, 0.1) is 18.6 Å². The summed E-state index contributed by atoms with van der Waals surface area (Å²) in [5, 5.41) is 1.59. The molecule has 0 radical (unpaired) electrons. The van der Waals surface area contributed by atoms with Gasteiger partial charge in [-0.2, -0.15) is 0 Å². The van der Waals surface area contributed by atoms with Crippen LogP contribution in [0.15, 0.2) is 82.3 Å². The molecule has 9 heteroatoms. The summed E-state index contributed by atoms with van der Waals surface area (Å²) in [7, 11) is 1.73. The molecule has 0 spiro atoms. The molecule has 2 saturated heterocycles. The van der Waals surface area contributed by atoms with Gasteiger partial charge in [0.15, 0.2) is 0 Å². The molecule has 0 saturated carbocycles. The van der Waals surface area contributed by atoms with E-state index in [1.807, 2.05) is 65.4 Å². The molecule has 4 aromatic rings. The van der Waals surface area contributed by atoms with E-state index in [9.17, 15) is 9.59 Å². The molecule has 218 valence electrons. The van der Waals surface area contributed by atoms with Crippen molar-refractivity contribution in [2.45, 2.75) is 54.5 Å². The number of likely N-dealkylation sites (tertiary alicyclic amines) is 2. The summed E-state index contributed by atoms with van der Waals surface area (Å²) in [6.07, 6.45) is 3.76. The second-order valence-corrected chi connectivity index (χ2v) is 13.9. The van der Waals surface area contributed by atoms with Crippen molar-refractivity contribution in [2.75, 3.05) is 20.2 Å². The maximum Gasteiger partial charge on any atom is 0.242 e. The van der Waals surface area contributed by atoms with E-state index in [1.54, 1.807) is 7.11 Å². The van der Waals surface area contributed by atoms with E-state index in [2.05, 4.69) is 45.2 Å². The van der Waals surface area contributed by atoms with Crippen molar-refractivity contribution in [3.8, 4) is 0 Å². The Bertz CT molecular complexity index is 1600. The minimum absolute atomic E-state index is 0.00241. The lowest BCUT2D eigenvalue weighted by Gasteiger charge is -2.41. The number of methoxy groups -OCH3 is 1. The van der Waals surface area contributed by atoms with E-state index in [0.29, 0.717) is 24.7 Å². The van der Waals surface area contributed by atoms with Crippen molar-refractivity contribution in [1.82, 2.24) is 14.8 Å². The average molecular weight is 667 g/mol. The number of piperidine rings is 1. The van der Waals surface area contributed by atoms with Crippen LogP contribution in [-0.2, 0) is 20.9 Å². The number of aromatic amines is 1. The van der Waals surface area contributed by atoms with E-state index in [4.69, 9.17) is 16.3 Å². The second kappa shape index (κ2) is 12.1. The van der Waals surface area contributed by atoms with Crippen LogP contribution in [0.1, 0.15) is 42.0 Å². The van der Waals surface area contributed by atoms with Crippen LogP contribution in [0.25, 0.3) is 10.9 Å². The van der Waals surface area contributed by atoms with Crippen LogP contribution in [0.2, 0.25) is 5.02 Å². The Hall–Kier alpha value is -2.78. The number of aromatic nitrogens is 1. The Balaban J connectivity index is 1.50. The first-order valence-electron chi connectivity index (χ1n) is 14.2. The van der Waals surface area contributed by atoms with Crippen LogP contribution in [0.3, 0.4) is 0 Å². The Kier molecular flexibility index (Phi) is 8.42. The first-order chi connectivity index (χ1) is 20.3. The summed E-state index contributed by atoms with van der Waals surface area (Å²) in [6.45, 7) is 3.65. The predicted molar refractivity (Wildman–Crippen MR) is 172 cm³/mol. The summed E-state index contributed by atoms with van der Waals surface area (Å²) in [4.78, 5) is 37.3. The fraction of sp³-hybridized carbons (Fsp3) is 0.333. The summed E-state index contributed by atoms with van der Waals surface area (Å²) in [5.74, 6) is -0.0337. The molecular weight excluding hydrogens is 634 g/mol. The van der Waals surface area contributed by atoms with E-state index < -0.39 is 10.8 Å². The molecule has 1 N–H and O–H groups in total. The number of carbonyl (C=O) groups excluding carboxylic acids is 2. The van der Waals surface area contributed by atoms with Crippen LogP contribution < -0.4 is 0 Å². The van der Waals surface area contributed by atoms with E-state index in [0.717, 1.165) is 49.8 Å². The molecular formula is C33H33BrClN3O3S. The normalized spacial score (nSPS) is 21.4. The maximum atomic E-state index is 14.9. The number of thioether (sulfide) groups is 1. The van der Waals surface area contributed by atoms with E-state index in [1.165, 1.54) is 11.8 Å². The number of aryl methyl sites for hydroxylation is 1. The smallest absolute Gasteiger partial charge is 0.242 e. The van der Waals surface area contributed by atoms with Gasteiger partial charge in [-0.05, 0) is 61.7 Å². The van der Waals surface area contributed by atoms with Crippen molar-refractivity contribution < 1.29 is 14.3 Å². The van der Waals surface area contributed by atoms with Crippen LogP contribution in [0, 0.1) is 6.92 Å². The largest absolute Gasteiger partial charge is 0.381 e. The number of fused-ring (bicyclic) bond motifs is 1. The standard InChI is InChI=1S/C33H33BrClN3O3S/c1-21-3-10-26(11-4-21)42-33(32(40)37-15-13-25(41-2)14-16-37)18-30(39)38(20-22-5-7-23(34)8-6-22)31(33)28-19-36-29-17-24(35)9-12-27(28)29/h3-12,17,19,25,31,36H,13-16,18,20H2,1-2H3. The number of hydrogen-bond acceptors (Lipinski definition) is 4. The third-order valence-electron chi connectivity index (χ3n) is 8.47. The molecule has 1 aromatic heterocycles. The number of carbonyl (C=O) groups is 2. The van der Waals surface area contributed by atoms with Gasteiger partial charge in [-0.15, -0.1) is 11.8 Å². The number of ether oxygens (including phenoxy) is 1. The zero-order valence-electron chi connectivity index (χ0n) is 23.6. The van der Waals surface area contributed by atoms with Crippen molar-refractivity contribution in [1.29, 1.82) is 0 Å². The van der Waals surface area contributed by atoms with Crippen molar-refractivity contribution in [3.05, 3.63) is 99.1 Å². The molecule has 6 rings (SSSR count). The molecule has 3 heterocycles. The molecule has 2 amide bonds. The zero-order chi connectivity index (χ0) is 29.4. The number of halogens is 2. The number of nitrogens with one attached hydrogen (secondary N) is 1. The molecule has 6 nitrogen and oxygen atoms in total. The van der Waals surface area contributed by atoms with Crippen LogP contribution in [0.4, 0.5) is 0 Å². The van der Waals surface area contributed by atoms with Gasteiger partial charge in [0.2, 0.25) is 11.8 Å². The van der Waals surface area contributed by atoms with E-state index >= 15 is 0 Å². The number of hydrogen-bond donors (Lipinski definition) is 1. The summed E-state index contributed by atoms with van der Waals surface area (Å²) in [6, 6.07) is 21.5. The van der Waals surface area contributed by atoms with Crippen molar-refractivity contribution in [3.63, 3.8) is 0 Å². The molecule has 2 unspecified atom stereocenters. The van der Waals surface area contributed by atoms with Crippen LogP contribution >= 0.6 is 39.3 Å². The summed E-state index contributed by atoms with van der Waals surface area (Å²) in [5.41, 5.74) is 3.95. The highest BCUT2D eigenvalue weighted by Gasteiger charge is 2.59. The Labute approximate surface area is 263 Å². The topological polar surface area (TPSA) is 65.6 Å². The van der Waals surface area contributed by atoms with Gasteiger partial charge >= 0.3 is 0 Å². The lowest BCUT2D eigenvalue weighted by molar-refractivity contribution is -0.137. The molecule has 2 fully saturated rings. The first-order valence-corrected chi connectivity index (χ1v) is 16.1. The maximum absolute atomic E-state index is 14.9. The highest BCUT2D eigenvalue weighted by molar-refractivity contribution is 9.10. The molecule has 42 heavy (non-hydrogen) atoms. The quantitative estimate of drug-likeness (QED) is 0.222. The fourth-order valence-corrected chi connectivity index (χ4v) is 8.16. The molecule has 0 bridgehead atoms. The molecule has 3 aromatic carbocycles. The summed E-state index contributed by atoms with van der Waals surface area (Å²) >= 11 is 11.4. The Morgan fingerprint density at radius 1 is 1.10 bits per heavy atom. The fourth-order valence-electron chi connectivity index (χ4n) is 6.26. The van der Waals surface area contributed by atoms with Crippen molar-refractivity contribution >= 4 is 62.0 Å². The average Bonchev–Trinajstić information content (AvgIpc) is 3.52.